The number of halogens is 3. The van der Waals surface area contributed by atoms with Crippen LogP contribution in [0.4, 0.5) is 10.5 Å². The van der Waals surface area contributed by atoms with Gasteiger partial charge in [0.2, 0.25) is 3.79 Å². The maximum absolute atomic E-state index is 11.8. The van der Waals surface area contributed by atoms with E-state index in [9.17, 15) is 4.79 Å². The highest BCUT2D eigenvalue weighted by Gasteiger charge is 2.29. The van der Waals surface area contributed by atoms with Gasteiger partial charge in [0.05, 0.1) is 5.69 Å². The van der Waals surface area contributed by atoms with Crippen LogP contribution >= 0.6 is 34.8 Å². The van der Waals surface area contributed by atoms with Gasteiger partial charge >= 0.3 is 6.09 Å². The Balaban J connectivity index is 1.76. The van der Waals surface area contributed by atoms with Gasteiger partial charge in [0, 0.05) is 11.4 Å². The van der Waals surface area contributed by atoms with Crippen LogP contribution in [0.15, 0.2) is 0 Å². The van der Waals surface area contributed by atoms with Crippen molar-refractivity contribution >= 4 is 46.6 Å². The molecule has 1 aromatic rings. The lowest BCUT2D eigenvalue weighted by Crippen LogP contribution is -2.25. The maximum atomic E-state index is 11.8. The van der Waals surface area contributed by atoms with E-state index in [1.165, 1.54) is 0 Å². The van der Waals surface area contributed by atoms with E-state index >= 15 is 0 Å². The first-order valence-electron chi connectivity index (χ1n) is 6.48. The topological polar surface area (TPSA) is 51.2 Å². The van der Waals surface area contributed by atoms with Crippen LogP contribution in [0.25, 0.3) is 0 Å². The summed E-state index contributed by atoms with van der Waals surface area (Å²) in [5.41, 5.74) is 5.30. The van der Waals surface area contributed by atoms with E-state index in [2.05, 4.69) is 10.3 Å². The lowest BCUT2D eigenvalue weighted by Gasteiger charge is -2.24. The summed E-state index contributed by atoms with van der Waals surface area (Å²) in [6.07, 6.45) is 4.31. The minimum atomic E-state index is -1.59. The minimum Gasteiger partial charge on any atom is -0.445 e. The number of aryl methyl sites for hydroxylation is 2. The van der Waals surface area contributed by atoms with Gasteiger partial charge < -0.3 is 4.74 Å². The monoisotopic (exact) mass is 334 g/mol. The normalized spacial score (nSPS) is 16.1. The third-order valence-corrected chi connectivity index (χ3v) is 3.94. The van der Waals surface area contributed by atoms with E-state index < -0.39 is 9.89 Å². The van der Waals surface area contributed by atoms with Gasteiger partial charge in [-0.25, -0.2) is 4.79 Å². The van der Waals surface area contributed by atoms with Crippen LogP contribution in [-0.4, -0.2) is 21.5 Å². The number of nitrogens with one attached hydrogen (secondary N) is 1. The Labute approximate surface area is 131 Å². The Morgan fingerprint density at radius 2 is 1.85 bits per heavy atom. The third-order valence-electron chi connectivity index (χ3n) is 3.62. The standard InChI is InChI=1S/C13H13Cl3N2O2/c14-13(15,16)6-20-12(19)18-11-7-2-1-3-9(7)17-10-5-4-8(10)11/h1-6H2,(H,17,18,19). The molecule has 108 valence electrons. The summed E-state index contributed by atoms with van der Waals surface area (Å²) in [6.45, 7) is -0.279. The van der Waals surface area contributed by atoms with Crippen molar-refractivity contribution in [3.8, 4) is 0 Å². The number of carbonyl (C=O) groups is 1. The molecule has 0 saturated carbocycles. The Morgan fingerprint density at radius 3 is 2.50 bits per heavy atom. The molecule has 1 amide bonds. The summed E-state index contributed by atoms with van der Waals surface area (Å²) in [7, 11) is 0. The molecule has 0 aromatic carbocycles. The number of anilines is 1. The van der Waals surface area contributed by atoms with E-state index in [1.54, 1.807) is 0 Å². The molecule has 0 saturated heterocycles. The molecule has 1 heterocycles. The van der Waals surface area contributed by atoms with Gasteiger partial charge in [-0.3, -0.25) is 10.3 Å². The Bertz CT molecular complexity index is 570. The largest absolute Gasteiger partial charge is 0.445 e. The first-order valence-corrected chi connectivity index (χ1v) is 7.61. The predicted octanol–water partition coefficient (Wildman–Crippen LogP) is 3.59. The van der Waals surface area contributed by atoms with Crippen molar-refractivity contribution in [2.75, 3.05) is 11.9 Å². The van der Waals surface area contributed by atoms with Gasteiger partial charge in [0.1, 0.15) is 6.61 Å². The van der Waals surface area contributed by atoms with Crippen molar-refractivity contribution in [2.24, 2.45) is 0 Å². The highest BCUT2D eigenvalue weighted by atomic mass is 35.6. The van der Waals surface area contributed by atoms with E-state index in [1.807, 2.05) is 0 Å². The van der Waals surface area contributed by atoms with Gasteiger partial charge in [0.25, 0.3) is 0 Å². The molecule has 0 bridgehead atoms. The summed E-state index contributed by atoms with van der Waals surface area (Å²) >= 11 is 16.7. The highest BCUT2D eigenvalue weighted by molar-refractivity contribution is 6.67. The van der Waals surface area contributed by atoms with Gasteiger partial charge in [-0.2, -0.15) is 0 Å². The van der Waals surface area contributed by atoms with Crippen LogP contribution in [0, 0.1) is 0 Å². The van der Waals surface area contributed by atoms with Crippen LogP contribution in [0.3, 0.4) is 0 Å². The molecule has 2 aliphatic carbocycles. The summed E-state index contributed by atoms with van der Waals surface area (Å²) in [5.74, 6) is 0. The Kier molecular flexibility index (Phi) is 3.73. The van der Waals surface area contributed by atoms with Crippen molar-refractivity contribution in [3.05, 3.63) is 22.5 Å². The lowest BCUT2D eigenvalue weighted by molar-refractivity contribution is 0.164. The molecule has 20 heavy (non-hydrogen) atoms. The second-order valence-electron chi connectivity index (χ2n) is 5.01. The summed E-state index contributed by atoms with van der Waals surface area (Å²) < 4.78 is 3.33. The average Bonchev–Trinajstić information content (AvgIpc) is 2.78. The number of amides is 1. The molecule has 3 rings (SSSR count). The van der Waals surface area contributed by atoms with Gasteiger partial charge in [-0.05, 0) is 43.2 Å². The van der Waals surface area contributed by atoms with Gasteiger partial charge in [-0.15, -0.1) is 0 Å². The fraction of sp³-hybridized carbons (Fsp3) is 0.538. The number of alkyl halides is 3. The zero-order valence-electron chi connectivity index (χ0n) is 10.6. The molecule has 1 N–H and O–H groups in total. The van der Waals surface area contributed by atoms with Crippen LogP contribution < -0.4 is 5.32 Å². The predicted molar refractivity (Wildman–Crippen MR) is 78.9 cm³/mol. The molecule has 0 radical (unpaired) electrons. The molecule has 0 aliphatic heterocycles. The fourth-order valence-electron chi connectivity index (χ4n) is 2.66. The SMILES string of the molecule is O=C(Nc1c2c(nc3c1CC3)CCC2)OCC(Cl)(Cl)Cl. The van der Waals surface area contributed by atoms with Gasteiger partial charge in [-0.1, -0.05) is 34.8 Å². The Morgan fingerprint density at radius 1 is 1.15 bits per heavy atom. The highest BCUT2D eigenvalue weighted by Crippen LogP contribution is 2.37. The molecule has 0 spiro atoms. The summed E-state index contributed by atoms with van der Waals surface area (Å²) in [5, 5.41) is 2.80. The molecular weight excluding hydrogens is 323 g/mol. The third kappa shape index (κ3) is 2.83. The van der Waals surface area contributed by atoms with E-state index in [-0.39, 0.29) is 6.61 Å². The first kappa shape index (κ1) is 14.2. The zero-order valence-corrected chi connectivity index (χ0v) is 12.9. The molecule has 7 heteroatoms. The fourth-order valence-corrected chi connectivity index (χ4v) is 2.82. The smallest absolute Gasteiger partial charge is 0.411 e. The number of carbonyl (C=O) groups excluding carboxylic acids is 1. The quantitative estimate of drug-likeness (QED) is 0.840. The van der Waals surface area contributed by atoms with Crippen molar-refractivity contribution in [1.29, 1.82) is 0 Å². The van der Waals surface area contributed by atoms with Gasteiger partial charge in [0.15, 0.2) is 0 Å². The van der Waals surface area contributed by atoms with E-state index in [0.717, 1.165) is 60.3 Å². The van der Waals surface area contributed by atoms with Crippen LogP contribution in [-0.2, 0) is 30.4 Å². The summed E-state index contributed by atoms with van der Waals surface area (Å²) in [4.78, 5) is 16.5. The van der Waals surface area contributed by atoms with Crippen LogP contribution in [0.5, 0.6) is 0 Å². The van der Waals surface area contributed by atoms with Crippen molar-refractivity contribution in [1.82, 2.24) is 4.98 Å². The number of pyridine rings is 1. The number of fused-ring (bicyclic) bond motifs is 2. The minimum absolute atomic E-state index is 0.279. The molecular formula is C13H13Cl3N2O2. The van der Waals surface area contributed by atoms with Crippen molar-refractivity contribution in [2.45, 2.75) is 35.9 Å². The van der Waals surface area contributed by atoms with Crippen LogP contribution in [0.2, 0.25) is 0 Å². The molecule has 2 aliphatic rings. The number of aromatic nitrogens is 1. The maximum Gasteiger partial charge on any atom is 0.411 e. The lowest BCUT2D eigenvalue weighted by atomic mass is 9.89. The molecule has 0 unspecified atom stereocenters. The average molecular weight is 336 g/mol. The molecule has 4 nitrogen and oxygen atoms in total. The zero-order chi connectivity index (χ0) is 14.3. The summed E-state index contributed by atoms with van der Waals surface area (Å²) in [6, 6.07) is 0. The second kappa shape index (κ2) is 5.24. The van der Waals surface area contributed by atoms with E-state index in [0.29, 0.717) is 0 Å². The number of nitrogens with zero attached hydrogens (tertiary/aromatic N) is 1. The Hall–Kier alpha value is -0.710. The van der Waals surface area contributed by atoms with Crippen LogP contribution in [0.1, 0.15) is 28.9 Å². The molecule has 0 atom stereocenters. The number of hydrogen-bond donors (Lipinski definition) is 1. The molecule has 0 fully saturated rings. The van der Waals surface area contributed by atoms with E-state index in [4.69, 9.17) is 39.5 Å². The van der Waals surface area contributed by atoms with Crippen molar-refractivity contribution < 1.29 is 9.53 Å². The number of hydrogen-bond acceptors (Lipinski definition) is 3. The van der Waals surface area contributed by atoms with Crippen molar-refractivity contribution in [3.63, 3.8) is 0 Å². The number of rotatable bonds is 2. The first-order chi connectivity index (χ1) is 9.44. The second-order valence-corrected chi connectivity index (χ2v) is 7.52. The number of ether oxygens (including phenoxy) is 1. The molecule has 1 aromatic heterocycles.